The van der Waals surface area contributed by atoms with Crippen molar-refractivity contribution in [3.8, 4) is 0 Å². The first-order valence-electron chi connectivity index (χ1n) is 12.2. The fraction of sp³-hybridized carbons (Fsp3) is 0.407. The number of carbonyl (C=O) groups excluding carboxylic acids is 4. The molecule has 8 nitrogen and oxygen atoms in total. The number of nitrogens with zero attached hydrogens (tertiary/aromatic N) is 3. The summed E-state index contributed by atoms with van der Waals surface area (Å²) >= 11 is 0. The third-order valence-electron chi connectivity index (χ3n) is 6.71. The van der Waals surface area contributed by atoms with Gasteiger partial charge in [0.15, 0.2) is 0 Å². The minimum Gasteiger partial charge on any atom is -0.338 e. The second-order valence-electron chi connectivity index (χ2n) is 9.38. The lowest BCUT2D eigenvalue weighted by molar-refractivity contribution is -0.138. The SMILES string of the molecule is CCc1ccccc1NC(=O)CN1CCN(C(=O)C(C(C)C)N2C(=O)c3ccccc3C2=O)CC1. The largest absolute Gasteiger partial charge is 0.338 e. The monoisotopic (exact) mass is 476 g/mol. The molecule has 0 aliphatic carbocycles. The molecule has 1 unspecified atom stereocenters. The molecular weight excluding hydrogens is 444 g/mol. The molecule has 0 radical (unpaired) electrons. The first-order chi connectivity index (χ1) is 16.8. The van der Waals surface area contributed by atoms with Gasteiger partial charge in [0.1, 0.15) is 6.04 Å². The van der Waals surface area contributed by atoms with Crippen molar-refractivity contribution in [1.29, 1.82) is 0 Å². The van der Waals surface area contributed by atoms with E-state index in [4.69, 9.17) is 0 Å². The molecule has 2 aromatic rings. The fourth-order valence-corrected chi connectivity index (χ4v) is 4.81. The molecule has 1 N–H and O–H groups in total. The zero-order valence-electron chi connectivity index (χ0n) is 20.5. The molecule has 35 heavy (non-hydrogen) atoms. The molecule has 184 valence electrons. The third-order valence-corrected chi connectivity index (χ3v) is 6.71. The van der Waals surface area contributed by atoms with Crippen molar-refractivity contribution in [1.82, 2.24) is 14.7 Å². The topological polar surface area (TPSA) is 90.0 Å². The van der Waals surface area contributed by atoms with Gasteiger partial charge in [-0.25, -0.2) is 0 Å². The maximum atomic E-state index is 13.5. The van der Waals surface area contributed by atoms with E-state index >= 15 is 0 Å². The van der Waals surface area contributed by atoms with E-state index < -0.39 is 17.9 Å². The third kappa shape index (κ3) is 4.98. The van der Waals surface area contributed by atoms with Gasteiger partial charge in [-0.3, -0.25) is 29.0 Å². The molecule has 0 spiro atoms. The average molecular weight is 477 g/mol. The minimum absolute atomic E-state index is 0.0863. The molecule has 2 aromatic carbocycles. The maximum absolute atomic E-state index is 13.5. The van der Waals surface area contributed by atoms with E-state index in [0.29, 0.717) is 37.3 Å². The number of anilines is 1. The van der Waals surface area contributed by atoms with Crippen molar-refractivity contribution < 1.29 is 19.2 Å². The molecular formula is C27H32N4O4. The van der Waals surface area contributed by atoms with Gasteiger partial charge in [0, 0.05) is 31.9 Å². The number of fused-ring (bicyclic) bond motifs is 1. The molecule has 0 bridgehead atoms. The van der Waals surface area contributed by atoms with Crippen LogP contribution < -0.4 is 5.32 Å². The second kappa shape index (κ2) is 10.4. The molecule has 0 aromatic heterocycles. The number of hydrogen-bond acceptors (Lipinski definition) is 5. The normalized spacial score (nSPS) is 17.0. The van der Waals surface area contributed by atoms with Gasteiger partial charge in [-0.2, -0.15) is 0 Å². The van der Waals surface area contributed by atoms with Crippen LogP contribution in [-0.4, -0.2) is 77.1 Å². The predicted octanol–water partition coefficient (Wildman–Crippen LogP) is 2.65. The quantitative estimate of drug-likeness (QED) is 0.621. The summed E-state index contributed by atoms with van der Waals surface area (Å²) in [7, 11) is 0. The average Bonchev–Trinajstić information content (AvgIpc) is 3.10. The summed E-state index contributed by atoms with van der Waals surface area (Å²) in [6, 6.07) is 13.6. The van der Waals surface area contributed by atoms with Crippen LogP contribution >= 0.6 is 0 Å². The van der Waals surface area contributed by atoms with Gasteiger partial charge in [0.05, 0.1) is 17.7 Å². The predicted molar refractivity (Wildman–Crippen MR) is 133 cm³/mol. The summed E-state index contributed by atoms with van der Waals surface area (Å²) in [5.74, 6) is -1.37. The fourth-order valence-electron chi connectivity index (χ4n) is 4.81. The van der Waals surface area contributed by atoms with E-state index in [1.54, 1.807) is 29.2 Å². The van der Waals surface area contributed by atoms with Crippen LogP contribution in [0.1, 0.15) is 47.1 Å². The first-order valence-corrected chi connectivity index (χ1v) is 12.2. The summed E-state index contributed by atoms with van der Waals surface area (Å²) in [6.07, 6.45) is 0.835. The molecule has 4 amide bonds. The van der Waals surface area contributed by atoms with Crippen LogP contribution in [0.3, 0.4) is 0 Å². The van der Waals surface area contributed by atoms with Crippen LogP contribution in [-0.2, 0) is 16.0 Å². The number of para-hydroxylation sites is 1. The highest BCUT2D eigenvalue weighted by Crippen LogP contribution is 2.28. The summed E-state index contributed by atoms with van der Waals surface area (Å²) < 4.78 is 0. The summed E-state index contributed by atoms with van der Waals surface area (Å²) in [6.45, 7) is 7.94. The van der Waals surface area contributed by atoms with Gasteiger partial charge in [-0.05, 0) is 36.1 Å². The number of rotatable bonds is 7. The lowest BCUT2D eigenvalue weighted by Gasteiger charge is -2.38. The van der Waals surface area contributed by atoms with Gasteiger partial charge >= 0.3 is 0 Å². The molecule has 4 rings (SSSR count). The van der Waals surface area contributed by atoms with E-state index in [2.05, 4.69) is 5.32 Å². The molecule has 1 saturated heterocycles. The van der Waals surface area contributed by atoms with E-state index in [0.717, 1.165) is 22.6 Å². The van der Waals surface area contributed by atoms with Gasteiger partial charge in [0.2, 0.25) is 11.8 Å². The molecule has 8 heteroatoms. The van der Waals surface area contributed by atoms with Crippen LogP contribution in [0.25, 0.3) is 0 Å². The van der Waals surface area contributed by atoms with Gasteiger partial charge in [-0.15, -0.1) is 0 Å². The van der Waals surface area contributed by atoms with E-state index in [1.165, 1.54) is 0 Å². The number of amides is 4. The molecule has 0 saturated carbocycles. The Kier molecular flexibility index (Phi) is 7.31. The number of hydrogen-bond donors (Lipinski definition) is 1. The van der Waals surface area contributed by atoms with Crippen molar-refractivity contribution in [2.45, 2.75) is 33.2 Å². The van der Waals surface area contributed by atoms with Gasteiger partial charge < -0.3 is 10.2 Å². The Morgan fingerprint density at radius 1 is 0.886 bits per heavy atom. The highest BCUT2D eigenvalue weighted by molar-refractivity contribution is 6.22. The number of benzene rings is 2. The Morgan fingerprint density at radius 2 is 1.46 bits per heavy atom. The highest BCUT2D eigenvalue weighted by atomic mass is 16.2. The number of carbonyl (C=O) groups is 4. The van der Waals surface area contributed by atoms with Gasteiger partial charge in [-0.1, -0.05) is 51.1 Å². The number of aryl methyl sites for hydroxylation is 1. The minimum atomic E-state index is -0.859. The zero-order chi connectivity index (χ0) is 25.1. The second-order valence-corrected chi connectivity index (χ2v) is 9.38. The number of nitrogens with one attached hydrogen (secondary N) is 1. The van der Waals surface area contributed by atoms with Crippen LogP contribution in [0, 0.1) is 5.92 Å². The van der Waals surface area contributed by atoms with E-state index in [1.807, 2.05) is 49.9 Å². The summed E-state index contributed by atoms with van der Waals surface area (Å²) in [5, 5.41) is 2.99. The van der Waals surface area contributed by atoms with Crippen molar-refractivity contribution in [3.05, 3.63) is 65.2 Å². The van der Waals surface area contributed by atoms with Crippen LogP contribution in [0.2, 0.25) is 0 Å². The Labute approximate surface area is 205 Å². The molecule has 2 aliphatic heterocycles. The van der Waals surface area contributed by atoms with E-state index in [9.17, 15) is 19.2 Å². The van der Waals surface area contributed by atoms with Crippen LogP contribution in [0.4, 0.5) is 5.69 Å². The lowest BCUT2D eigenvalue weighted by Crippen LogP contribution is -2.58. The number of imide groups is 1. The van der Waals surface area contributed by atoms with Gasteiger partial charge in [0.25, 0.3) is 11.8 Å². The van der Waals surface area contributed by atoms with Crippen molar-refractivity contribution in [2.24, 2.45) is 5.92 Å². The maximum Gasteiger partial charge on any atom is 0.262 e. The van der Waals surface area contributed by atoms with Crippen molar-refractivity contribution >= 4 is 29.3 Å². The first kappa shape index (κ1) is 24.6. The summed E-state index contributed by atoms with van der Waals surface area (Å²) in [5.41, 5.74) is 2.60. The molecule has 2 aliphatic rings. The Bertz CT molecular complexity index is 1100. The zero-order valence-corrected chi connectivity index (χ0v) is 20.5. The Balaban J connectivity index is 1.37. The standard InChI is InChI=1S/C27H32N4O4/c1-4-19-9-5-8-12-22(19)28-23(32)17-29-13-15-30(16-14-29)27(35)24(18(2)3)31-25(33)20-10-6-7-11-21(20)26(31)34/h5-12,18,24H,4,13-17H2,1-3H3,(H,28,32). The Hall–Kier alpha value is -3.52. The van der Waals surface area contributed by atoms with Crippen LogP contribution in [0.5, 0.6) is 0 Å². The highest BCUT2D eigenvalue weighted by Gasteiger charge is 2.45. The molecule has 1 fully saturated rings. The lowest BCUT2D eigenvalue weighted by atomic mass is 10.0. The van der Waals surface area contributed by atoms with Crippen LogP contribution in [0.15, 0.2) is 48.5 Å². The smallest absolute Gasteiger partial charge is 0.262 e. The summed E-state index contributed by atoms with van der Waals surface area (Å²) in [4.78, 5) is 56.9. The molecule has 2 heterocycles. The van der Waals surface area contributed by atoms with E-state index in [-0.39, 0.29) is 24.3 Å². The van der Waals surface area contributed by atoms with Crippen molar-refractivity contribution in [3.63, 3.8) is 0 Å². The Morgan fingerprint density at radius 3 is 2.03 bits per heavy atom. The van der Waals surface area contributed by atoms with Crippen molar-refractivity contribution in [2.75, 3.05) is 38.0 Å². The molecule has 1 atom stereocenters. The number of piperazine rings is 1.